The van der Waals surface area contributed by atoms with E-state index in [0.29, 0.717) is 5.41 Å². The highest BCUT2D eigenvalue weighted by molar-refractivity contribution is 5.32. The predicted molar refractivity (Wildman–Crippen MR) is 61.9 cm³/mol. The molecule has 0 saturated carbocycles. The van der Waals surface area contributed by atoms with Gasteiger partial charge in [-0.3, -0.25) is 4.68 Å². The van der Waals surface area contributed by atoms with Gasteiger partial charge in [0.05, 0.1) is 0 Å². The van der Waals surface area contributed by atoms with Crippen molar-refractivity contribution >= 4 is 5.82 Å². The summed E-state index contributed by atoms with van der Waals surface area (Å²) in [7, 11) is 1.94. The molecule has 1 atom stereocenters. The molecular formula is C11H20N4. The van der Waals surface area contributed by atoms with Gasteiger partial charge in [0.1, 0.15) is 5.82 Å². The highest BCUT2D eigenvalue weighted by atomic mass is 15.3. The van der Waals surface area contributed by atoms with E-state index in [1.165, 1.54) is 12.8 Å². The van der Waals surface area contributed by atoms with E-state index in [1.807, 2.05) is 24.0 Å². The molecule has 0 aliphatic carbocycles. The van der Waals surface area contributed by atoms with Gasteiger partial charge in [0.2, 0.25) is 0 Å². The summed E-state index contributed by atoms with van der Waals surface area (Å²) in [5, 5.41) is 11.2. The third-order valence-corrected chi connectivity index (χ3v) is 3.44. The lowest BCUT2D eigenvalue weighted by Gasteiger charge is -2.26. The van der Waals surface area contributed by atoms with Crippen LogP contribution < -0.4 is 10.6 Å². The Morgan fingerprint density at radius 1 is 1.67 bits per heavy atom. The van der Waals surface area contributed by atoms with Gasteiger partial charge in [-0.25, -0.2) is 0 Å². The van der Waals surface area contributed by atoms with Crippen LogP contribution in [0.1, 0.15) is 19.8 Å². The van der Waals surface area contributed by atoms with Crippen LogP contribution >= 0.6 is 0 Å². The second-order valence-corrected chi connectivity index (χ2v) is 4.51. The molecule has 1 aromatic heterocycles. The molecule has 4 heteroatoms. The van der Waals surface area contributed by atoms with Crippen molar-refractivity contribution in [2.45, 2.75) is 19.8 Å². The lowest BCUT2D eigenvalue weighted by molar-refractivity contribution is 0.332. The Morgan fingerprint density at radius 3 is 3.07 bits per heavy atom. The molecule has 84 valence electrons. The quantitative estimate of drug-likeness (QED) is 0.782. The van der Waals surface area contributed by atoms with Crippen LogP contribution in [0, 0.1) is 5.41 Å². The van der Waals surface area contributed by atoms with E-state index >= 15 is 0 Å². The topological polar surface area (TPSA) is 41.9 Å². The van der Waals surface area contributed by atoms with Gasteiger partial charge in [0.15, 0.2) is 0 Å². The molecule has 1 fully saturated rings. The number of aryl methyl sites for hydroxylation is 1. The predicted octanol–water partition coefficient (Wildman–Crippen LogP) is 1.22. The highest BCUT2D eigenvalue weighted by Crippen LogP contribution is 2.29. The number of nitrogens with zero attached hydrogens (tertiary/aromatic N) is 2. The van der Waals surface area contributed by atoms with E-state index in [9.17, 15) is 0 Å². The zero-order valence-electron chi connectivity index (χ0n) is 9.58. The summed E-state index contributed by atoms with van der Waals surface area (Å²) in [5.74, 6) is 0.984. The van der Waals surface area contributed by atoms with Crippen molar-refractivity contribution < 1.29 is 0 Å². The molecule has 0 amide bonds. The van der Waals surface area contributed by atoms with Gasteiger partial charge in [0, 0.05) is 37.8 Å². The summed E-state index contributed by atoms with van der Waals surface area (Å²) in [6, 6.07) is 2.02. The molecule has 15 heavy (non-hydrogen) atoms. The van der Waals surface area contributed by atoms with Crippen molar-refractivity contribution in [2.24, 2.45) is 12.5 Å². The molecule has 1 aromatic rings. The van der Waals surface area contributed by atoms with Crippen LogP contribution in [0.3, 0.4) is 0 Å². The molecule has 1 saturated heterocycles. The summed E-state index contributed by atoms with van der Waals surface area (Å²) in [6.07, 6.45) is 4.46. The van der Waals surface area contributed by atoms with Crippen LogP contribution in [0.25, 0.3) is 0 Å². The fraction of sp³-hybridized carbons (Fsp3) is 0.727. The summed E-state index contributed by atoms with van der Waals surface area (Å²) in [4.78, 5) is 0. The van der Waals surface area contributed by atoms with Crippen LogP contribution in [-0.4, -0.2) is 29.4 Å². The minimum atomic E-state index is 0.428. The molecule has 1 aliphatic heterocycles. The van der Waals surface area contributed by atoms with Crippen molar-refractivity contribution in [1.29, 1.82) is 0 Å². The molecule has 0 bridgehead atoms. The Balaban J connectivity index is 1.91. The third kappa shape index (κ3) is 2.31. The van der Waals surface area contributed by atoms with Gasteiger partial charge in [-0.05, 0) is 19.4 Å². The number of hydrogen-bond donors (Lipinski definition) is 2. The summed E-state index contributed by atoms with van der Waals surface area (Å²) in [5.41, 5.74) is 0.428. The summed E-state index contributed by atoms with van der Waals surface area (Å²) >= 11 is 0. The number of nitrogens with one attached hydrogen (secondary N) is 2. The maximum Gasteiger partial charge on any atom is 0.147 e. The maximum atomic E-state index is 4.32. The molecule has 4 nitrogen and oxygen atoms in total. The molecule has 0 spiro atoms. The van der Waals surface area contributed by atoms with Crippen LogP contribution in [0.4, 0.5) is 5.82 Å². The zero-order chi connectivity index (χ0) is 10.7. The van der Waals surface area contributed by atoms with E-state index in [2.05, 4.69) is 22.7 Å². The first kappa shape index (κ1) is 10.5. The fourth-order valence-corrected chi connectivity index (χ4v) is 2.16. The van der Waals surface area contributed by atoms with Crippen LogP contribution in [0.5, 0.6) is 0 Å². The Morgan fingerprint density at radius 2 is 2.53 bits per heavy atom. The second-order valence-electron chi connectivity index (χ2n) is 4.51. The Bertz CT molecular complexity index is 312. The fourth-order valence-electron chi connectivity index (χ4n) is 2.16. The molecule has 0 aromatic carbocycles. The first-order chi connectivity index (χ1) is 7.24. The van der Waals surface area contributed by atoms with Gasteiger partial charge in [0.25, 0.3) is 0 Å². The molecule has 2 heterocycles. The Hall–Kier alpha value is -1.03. The van der Waals surface area contributed by atoms with Gasteiger partial charge in [-0.1, -0.05) is 6.92 Å². The van der Waals surface area contributed by atoms with E-state index < -0.39 is 0 Å². The first-order valence-corrected chi connectivity index (χ1v) is 5.68. The van der Waals surface area contributed by atoms with Gasteiger partial charge >= 0.3 is 0 Å². The van der Waals surface area contributed by atoms with E-state index in [-0.39, 0.29) is 0 Å². The number of aromatic nitrogens is 2. The van der Waals surface area contributed by atoms with Crippen LogP contribution in [-0.2, 0) is 7.05 Å². The monoisotopic (exact) mass is 208 g/mol. The smallest absolute Gasteiger partial charge is 0.147 e. The second kappa shape index (κ2) is 4.23. The number of rotatable bonds is 4. The highest BCUT2D eigenvalue weighted by Gasteiger charge is 2.31. The molecule has 1 unspecified atom stereocenters. The van der Waals surface area contributed by atoms with E-state index in [0.717, 1.165) is 25.5 Å². The average Bonchev–Trinajstić information content (AvgIpc) is 2.85. The molecular weight excluding hydrogens is 188 g/mol. The molecule has 1 aliphatic rings. The summed E-state index contributed by atoms with van der Waals surface area (Å²) < 4.78 is 1.83. The van der Waals surface area contributed by atoms with Gasteiger partial charge in [-0.2, -0.15) is 5.10 Å². The van der Waals surface area contributed by atoms with E-state index in [1.54, 1.807) is 0 Å². The Labute approximate surface area is 91.1 Å². The SMILES string of the molecule is CCC1(CNc2ccn(C)n2)CCNC1. The van der Waals surface area contributed by atoms with Crippen molar-refractivity contribution in [1.82, 2.24) is 15.1 Å². The summed E-state index contributed by atoms with van der Waals surface area (Å²) in [6.45, 7) is 5.57. The first-order valence-electron chi connectivity index (χ1n) is 5.68. The average molecular weight is 208 g/mol. The largest absolute Gasteiger partial charge is 0.368 e. The molecule has 0 radical (unpaired) electrons. The minimum absolute atomic E-state index is 0.428. The van der Waals surface area contributed by atoms with Crippen molar-refractivity contribution in [2.75, 3.05) is 25.0 Å². The molecule has 2 rings (SSSR count). The van der Waals surface area contributed by atoms with Gasteiger partial charge < -0.3 is 10.6 Å². The van der Waals surface area contributed by atoms with Crippen molar-refractivity contribution in [3.8, 4) is 0 Å². The van der Waals surface area contributed by atoms with Crippen molar-refractivity contribution in [3.63, 3.8) is 0 Å². The van der Waals surface area contributed by atoms with Crippen LogP contribution in [0.2, 0.25) is 0 Å². The Kier molecular flexibility index (Phi) is 2.95. The minimum Gasteiger partial charge on any atom is -0.368 e. The maximum absolute atomic E-state index is 4.32. The number of hydrogen-bond acceptors (Lipinski definition) is 3. The lowest BCUT2D eigenvalue weighted by atomic mass is 9.84. The number of anilines is 1. The van der Waals surface area contributed by atoms with Crippen LogP contribution in [0.15, 0.2) is 12.3 Å². The molecule has 2 N–H and O–H groups in total. The standard InChI is InChI=1S/C11H20N4/c1-3-11(5-6-12-8-11)9-13-10-4-7-15(2)14-10/h4,7,12H,3,5-6,8-9H2,1-2H3,(H,13,14). The lowest BCUT2D eigenvalue weighted by Crippen LogP contribution is -2.31. The zero-order valence-corrected chi connectivity index (χ0v) is 9.58. The van der Waals surface area contributed by atoms with Gasteiger partial charge in [-0.15, -0.1) is 0 Å². The normalized spacial score (nSPS) is 25.7. The third-order valence-electron chi connectivity index (χ3n) is 3.44. The van der Waals surface area contributed by atoms with Crippen molar-refractivity contribution in [3.05, 3.63) is 12.3 Å². The van der Waals surface area contributed by atoms with E-state index in [4.69, 9.17) is 0 Å².